The van der Waals surface area contributed by atoms with Crippen LogP contribution in [0.4, 0.5) is 0 Å². The molecule has 1 aromatic rings. The summed E-state index contributed by atoms with van der Waals surface area (Å²) in [7, 11) is 0. The highest BCUT2D eigenvalue weighted by atomic mass is 16.3. The lowest BCUT2D eigenvalue weighted by molar-refractivity contribution is 0.0693. The summed E-state index contributed by atoms with van der Waals surface area (Å²) >= 11 is 0. The van der Waals surface area contributed by atoms with E-state index in [1.54, 1.807) is 23.2 Å². The van der Waals surface area contributed by atoms with E-state index in [0.29, 0.717) is 30.8 Å². The number of nitrogens with two attached hydrogens (primary N) is 1. The zero-order chi connectivity index (χ0) is 13.5. The van der Waals surface area contributed by atoms with Gasteiger partial charge in [-0.05, 0) is 32.4 Å². The highest BCUT2D eigenvalue weighted by molar-refractivity contribution is 5.94. The molecule has 1 amide bonds. The topological polar surface area (TPSA) is 79.5 Å². The molecule has 100 valence electrons. The molecule has 0 spiro atoms. The molecule has 1 heterocycles. The fourth-order valence-corrected chi connectivity index (χ4v) is 1.72. The lowest BCUT2D eigenvalue weighted by Gasteiger charge is -2.26. The number of aromatic nitrogens is 1. The van der Waals surface area contributed by atoms with Crippen LogP contribution in [0, 0.1) is 0 Å². The van der Waals surface area contributed by atoms with Gasteiger partial charge in [-0.1, -0.05) is 0 Å². The van der Waals surface area contributed by atoms with E-state index in [4.69, 9.17) is 10.8 Å². The van der Waals surface area contributed by atoms with Crippen LogP contribution >= 0.6 is 0 Å². The average Bonchev–Trinajstić information content (AvgIpc) is 2.38. The number of amides is 1. The maximum atomic E-state index is 12.3. The van der Waals surface area contributed by atoms with Crippen LogP contribution in [0.25, 0.3) is 0 Å². The van der Waals surface area contributed by atoms with Gasteiger partial charge in [0, 0.05) is 37.5 Å². The summed E-state index contributed by atoms with van der Waals surface area (Å²) in [5.74, 6) is -0.0458. The van der Waals surface area contributed by atoms with Gasteiger partial charge in [0.15, 0.2) is 0 Å². The van der Waals surface area contributed by atoms with Crippen molar-refractivity contribution in [2.24, 2.45) is 5.73 Å². The molecule has 3 N–H and O–H groups in total. The molecule has 1 aromatic heterocycles. The molecular weight excluding hydrogens is 230 g/mol. The Labute approximate surface area is 108 Å². The number of hydrogen-bond acceptors (Lipinski definition) is 4. The summed E-state index contributed by atoms with van der Waals surface area (Å²) < 4.78 is 0. The van der Waals surface area contributed by atoms with E-state index < -0.39 is 0 Å². The molecular formula is C13H21N3O2. The predicted octanol–water partition coefficient (Wildman–Crippen LogP) is 0.773. The number of carbonyl (C=O) groups excluding carboxylic acids is 1. The number of rotatable bonds is 6. The maximum Gasteiger partial charge on any atom is 0.254 e. The van der Waals surface area contributed by atoms with E-state index in [1.807, 2.05) is 13.8 Å². The van der Waals surface area contributed by atoms with Crippen LogP contribution in [0.3, 0.4) is 0 Å². The van der Waals surface area contributed by atoms with Crippen LogP contribution in [-0.4, -0.2) is 40.1 Å². The first-order valence-corrected chi connectivity index (χ1v) is 6.17. The number of aliphatic hydroxyl groups is 1. The molecule has 0 aliphatic carbocycles. The van der Waals surface area contributed by atoms with Crippen LogP contribution < -0.4 is 5.73 Å². The highest BCUT2D eigenvalue weighted by Gasteiger charge is 2.18. The lowest BCUT2D eigenvalue weighted by atomic mass is 10.1. The Bertz CT molecular complexity index is 394. The summed E-state index contributed by atoms with van der Waals surface area (Å²) in [6, 6.07) is 3.51. The molecule has 0 atom stereocenters. The Morgan fingerprint density at radius 3 is 2.83 bits per heavy atom. The first kappa shape index (κ1) is 14.6. The standard InChI is InChI=1S/C13H21N3O2/c1-10(2)16(6-3-7-17)13(18)11-4-5-15-12(8-11)9-14/h4-5,8,10,17H,3,6-7,9,14H2,1-2H3. The van der Waals surface area contributed by atoms with Crippen molar-refractivity contribution in [3.05, 3.63) is 29.6 Å². The van der Waals surface area contributed by atoms with Crippen molar-refractivity contribution < 1.29 is 9.90 Å². The lowest BCUT2D eigenvalue weighted by Crippen LogP contribution is -2.38. The Balaban J connectivity index is 2.87. The molecule has 5 nitrogen and oxygen atoms in total. The van der Waals surface area contributed by atoms with E-state index in [9.17, 15) is 4.79 Å². The van der Waals surface area contributed by atoms with Gasteiger partial charge in [-0.2, -0.15) is 0 Å². The van der Waals surface area contributed by atoms with Crippen molar-refractivity contribution >= 4 is 5.91 Å². The van der Waals surface area contributed by atoms with Gasteiger partial charge in [-0.15, -0.1) is 0 Å². The second-order valence-corrected chi connectivity index (χ2v) is 4.41. The van der Waals surface area contributed by atoms with Crippen molar-refractivity contribution in [1.82, 2.24) is 9.88 Å². The fourth-order valence-electron chi connectivity index (χ4n) is 1.72. The number of carbonyl (C=O) groups is 1. The molecule has 5 heteroatoms. The Morgan fingerprint density at radius 2 is 2.28 bits per heavy atom. The third kappa shape index (κ3) is 3.78. The van der Waals surface area contributed by atoms with Crippen LogP contribution in [0.2, 0.25) is 0 Å². The highest BCUT2D eigenvalue weighted by Crippen LogP contribution is 2.10. The molecule has 18 heavy (non-hydrogen) atoms. The molecule has 0 saturated heterocycles. The molecule has 0 saturated carbocycles. The maximum absolute atomic E-state index is 12.3. The molecule has 0 aromatic carbocycles. The molecule has 0 fully saturated rings. The first-order valence-electron chi connectivity index (χ1n) is 6.17. The van der Waals surface area contributed by atoms with Gasteiger partial charge in [0.25, 0.3) is 5.91 Å². The number of nitrogens with zero attached hydrogens (tertiary/aromatic N) is 2. The van der Waals surface area contributed by atoms with E-state index in [2.05, 4.69) is 4.98 Å². The average molecular weight is 251 g/mol. The van der Waals surface area contributed by atoms with Crippen LogP contribution in [0.5, 0.6) is 0 Å². The summed E-state index contributed by atoms with van der Waals surface area (Å²) in [4.78, 5) is 18.1. The Morgan fingerprint density at radius 1 is 1.56 bits per heavy atom. The molecule has 0 radical (unpaired) electrons. The second kappa shape index (κ2) is 7.08. The predicted molar refractivity (Wildman–Crippen MR) is 70.0 cm³/mol. The molecule has 1 rings (SSSR count). The first-order chi connectivity index (χ1) is 8.60. The van der Waals surface area contributed by atoms with Crippen molar-refractivity contribution in [2.75, 3.05) is 13.2 Å². The Hall–Kier alpha value is -1.46. The van der Waals surface area contributed by atoms with E-state index in [0.717, 1.165) is 0 Å². The minimum absolute atomic E-state index is 0.0458. The zero-order valence-corrected chi connectivity index (χ0v) is 11.0. The zero-order valence-electron chi connectivity index (χ0n) is 11.0. The smallest absolute Gasteiger partial charge is 0.254 e. The summed E-state index contributed by atoms with van der Waals surface area (Å²) in [6.07, 6.45) is 2.18. The van der Waals surface area contributed by atoms with Gasteiger partial charge < -0.3 is 15.7 Å². The molecule has 0 unspecified atom stereocenters. The van der Waals surface area contributed by atoms with E-state index in [1.165, 1.54) is 0 Å². The van der Waals surface area contributed by atoms with Gasteiger partial charge in [0.2, 0.25) is 0 Å². The Kier molecular flexibility index (Phi) is 5.74. The SMILES string of the molecule is CC(C)N(CCCO)C(=O)c1ccnc(CN)c1. The van der Waals surface area contributed by atoms with Crippen molar-refractivity contribution in [3.63, 3.8) is 0 Å². The van der Waals surface area contributed by atoms with Gasteiger partial charge in [0.1, 0.15) is 0 Å². The van der Waals surface area contributed by atoms with Gasteiger partial charge >= 0.3 is 0 Å². The largest absolute Gasteiger partial charge is 0.396 e. The fraction of sp³-hybridized carbons (Fsp3) is 0.538. The molecule has 0 aliphatic heterocycles. The normalized spacial score (nSPS) is 10.7. The van der Waals surface area contributed by atoms with Crippen LogP contribution in [0.1, 0.15) is 36.3 Å². The van der Waals surface area contributed by atoms with Crippen molar-refractivity contribution in [3.8, 4) is 0 Å². The number of aliphatic hydroxyl groups excluding tert-OH is 1. The van der Waals surface area contributed by atoms with Crippen molar-refractivity contribution in [1.29, 1.82) is 0 Å². The summed E-state index contributed by atoms with van der Waals surface area (Å²) in [5.41, 5.74) is 6.81. The van der Waals surface area contributed by atoms with Gasteiger partial charge in [0.05, 0.1) is 5.69 Å². The number of pyridine rings is 1. The minimum Gasteiger partial charge on any atom is -0.396 e. The quantitative estimate of drug-likeness (QED) is 0.782. The summed E-state index contributed by atoms with van der Waals surface area (Å²) in [5, 5.41) is 8.87. The molecule has 0 aliphatic rings. The van der Waals surface area contributed by atoms with Gasteiger partial charge in [-0.25, -0.2) is 0 Å². The monoisotopic (exact) mass is 251 g/mol. The van der Waals surface area contributed by atoms with E-state index >= 15 is 0 Å². The van der Waals surface area contributed by atoms with Gasteiger partial charge in [-0.3, -0.25) is 9.78 Å². The van der Waals surface area contributed by atoms with Crippen LogP contribution in [0.15, 0.2) is 18.3 Å². The van der Waals surface area contributed by atoms with E-state index in [-0.39, 0.29) is 18.6 Å². The number of hydrogen-bond donors (Lipinski definition) is 2. The second-order valence-electron chi connectivity index (χ2n) is 4.41. The molecule has 0 bridgehead atoms. The van der Waals surface area contributed by atoms with Crippen LogP contribution in [-0.2, 0) is 6.54 Å². The summed E-state index contributed by atoms with van der Waals surface area (Å²) in [6.45, 7) is 4.87. The van der Waals surface area contributed by atoms with Crippen molar-refractivity contribution in [2.45, 2.75) is 32.9 Å². The minimum atomic E-state index is -0.0458. The third-order valence-electron chi connectivity index (χ3n) is 2.71. The third-order valence-corrected chi connectivity index (χ3v) is 2.71.